The van der Waals surface area contributed by atoms with Crippen LogP contribution in [0.4, 0.5) is 0 Å². The zero-order valence-corrected chi connectivity index (χ0v) is 8.58. The minimum absolute atomic E-state index is 0.401. The first-order chi connectivity index (χ1) is 7.27. The molecule has 0 amide bonds. The van der Waals surface area contributed by atoms with E-state index in [-0.39, 0.29) is 0 Å². The molecule has 0 unspecified atom stereocenters. The Bertz CT molecular complexity index is 572. The fourth-order valence-electron chi connectivity index (χ4n) is 2.01. The second-order valence-corrected chi connectivity index (χ2v) is 3.92. The molecule has 0 heterocycles. The van der Waals surface area contributed by atoms with Crippen LogP contribution < -0.4 is 0 Å². The van der Waals surface area contributed by atoms with Gasteiger partial charge in [0.05, 0.1) is 0 Å². The molecule has 0 saturated heterocycles. The maximum atomic E-state index is 11.0. The van der Waals surface area contributed by atoms with Crippen molar-refractivity contribution in [2.75, 3.05) is 0 Å². The molecular weight excluding hydrogens is 208 g/mol. The summed E-state index contributed by atoms with van der Waals surface area (Å²) in [6.07, 6.45) is 0. The zero-order valence-electron chi connectivity index (χ0n) is 7.83. The minimum Gasteiger partial charge on any atom is -0.276 e. The van der Waals surface area contributed by atoms with Crippen LogP contribution in [0.15, 0.2) is 42.5 Å². The predicted molar refractivity (Wildman–Crippen MR) is 61.1 cm³/mol. The van der Waals surface area contributed by atoms with Crippen LogP contribution in [0.1, 0.15) is 10.4 Å². The molecule has 1 nitrogen and oxygen atoms in total. The Balaban J connectivity index is 2.19. The topological polar surface area (TPSA) is 17.1 Å². The predicted octanol–water partition coefficient (Wildman–Crippen LogP) is 3.71. The molecule has 72 valence electrons. The Kier molecular flexibility index (Phi) is 1.70. The van der Waals surface area contributed by atoms with Crippen molar-refractivity contribution in [2.24, 2.45) is 0 Å². The average molecular weight is 215 g/mol. The number of carbonyl (C=O) groups excluding carboxylic acids is 1. The smallest absolute Gasteiger partial charge is 0.252 e. The van der Waals surface area contributed by atoms with Crippen molar-refractivity contribution in [3.8, 4) is 22.3 Å². The van der Waals surface area contributed by atoms with E-state index in [1.54, 1.807) is 6.07 Å². The third kappa shape index (κ3) is 1.13. The maximum Gasteiger partial charge on any atom is 0.252 e. The number of fused-ring (bicyclic) bond motifs is 4. The molecule has 0 bridgehead atoms. The molecule has 0 aromatic heterocycles. The van der Waals surface area contributed by atoms with Crippen molar-refractivity contribution in [3.05, 3.63) is 48.0 Å². The van der Waals surface area contributed by atoms with Crippen LogP contribution in [0.25, 0.3) is 22.3 Å². The highest BCUT2D eigenvalue weighted by Crippen LogP contribution is 2.46. The summed E-state index contributed by atoms with van der Waals surface area (Å²) in [6, 6.07) is 13.7. The number of benzene rings is 2. The first-order valence-corrected chi connectivity index (χ1v) is 5.09. The molecule has 0 saturated carbocycles. The van der Waals surface area contributed by atoms with E-state index in [2.05, 4.69) is 12.1 Å². The summed E-state index contributed by atoms with van der Waals surface area (Å²) in [5, 5.41) is -0.401. The first-order valence-electron chi connectivity index (χ1n) is 4.71. The second-order valence-electron chi connectivity index (χ2n) is 3.58. The van der Waals surface area contributed by atoms with Gasteiger partial charge in [0.15, 0.2) is 0 Å². The Morgan fingerprint density at radius 1 is 0.867 bits per heavy atom. The molecule has 0 spiro atoms. The summed E-state index contributed by atoms with van der Waals surface area (Å²) in [5.74, 6) is 0. The van der Waals surface area contributed by atoms with E-state index < -0.39 is 5.24 Å². The molecule has 0 radical (unpaired) electrons. The largest absolute Gasteiger partial charge is 0.276 e. The van der Waals surface area contributed by atoms with Gasteiger partial charge in [-0.15, -0.1) is 0 Å². The van der Waals surface area contributed by atoms with Crippen molar-refractivity contribution in [1.29, 1.82) is 0 Å². The van der Waals surface area contributed by atoms with Crippen LogP contribution in [0.5, 0.6) is 0 Å². The third-order valence-electron chi connectivity index (χ3n) is 2.75. The summed E-state index contributed by atoms with van der Waals surface area (Å²) in [5.41, 5.74) is 5.34. The second kappa shape index (κ2) is 2.94. The van der Waals surface area contributed by atoms with Crippen molar-refractivity contribution >= 4 is 16.8 Å². The summed E-state index contributed by atoms with van der Waals surface area (Å²) in [7, 11) is 0. The lowest BCUT2D eigenvalue weighted by Crippen LogP contribution is -2.00. The van der Waals surface area contributed by atoms with Crippen LogP contribution in [-0.2, 0) is 0 Å². The van der Waals surface area contributed by atoms with Crippen molar-refractivity contribution in [2.45, 2.75) is 0 Å². The highest BCUT2D eigenvalue weighted by molar-refractivity contribution is 6.67. The summed E-state index contributed by atoms with van der Waals surface area (Å²) < 4.78 is 0. The number of halogens is 1. The van der Waals surface area contributed by atoms with E-state index in [4.69, 9.17) is 11.6 Å². The van der Waals surface area contributed by atoms with Crippen molar-refractivity contribution in [3.63, 3.8) is 0 Å². The minimum atomic E-state index is -0.401. The monoisotopic (exact) mass is 214 g/mol. The Labute approximate surface area is 92.3 Å². The SMILES string of the molecule is O=C(Cl)c1ccc2c(c1)-c1ccccc1-2. The molecule has 2 heteroatoms. The lowest BCUT2D eigenvalue weighted by molar-refractivity contribution is 0.108. The quantitative estimate of drug-likeness (QED) is 0.565. The van der Waals surface area contributed by atoms with E-state index >= 15 is 0 Å². The first kappa shape index (κ1) is 8.69. The normalized spacial score (nSPS) is 11.3. The van der Waals surface area contributed by atoms with Crippen LogP contribution in [0, 0.1) is 0 Å². The highest BCUT2D eigenvalue weighted by atomic mass is 35.5. The van der Waals surface area contributed by atoms with Crippen LogP contribution in [0.2, 0.25) is 0 Å². The van der Waals surface area contributed by atoms with Crippen LogP contribution >= 0.6 is 11.6 Å². The third-order valence-corrected chi connectivity index (χ3v) is 2.97. The standard InChI is InChI=1S/C13H7ClO/c14-13(15)8-5-6-11-9-3-1-2-4-10(9)12(11)7-8/h1-7H. The number of carbonyl (C=O) groups is 1. The zero-order chi connectivity index (χ0) is 10.4. The lowest BCUT2D eigenvalue weighted by Gasteiger charge is -2.23. The van der Waals surface area contributed by atoms with Gasteiger partial charge in [0.25, 0.3) is 5.24 Å². The average Bonchev–Trinajstić information content (AvgIpc) is 2.25. The van der Waals surface area contributed by atoms with Gasteiger partial charge < -0.3 is 0 Å². The van der Waals surface area contributed by atoms with Crippen LogP contribution in [0.3, 0.4) is 0 Å². The molecule has 0 N–H and O–H groups in total. The molecule has 1 aliphatic carbocycles. The molecule has 3 rings (SSSR count). The number of hydrogen-bond acceptors (Lipinski definition) is 1. The Hall–Kier alpha value is -1.60. The summed E-state index contributed by atoms with van der Waals surface area (Å²) in [4.78, 5) is 11.0. The van der Waals surface area contributed by atoms with E-state index in [0.29, 0.717) is 5.56 Å². The van der Waals surface area contributed by atoms with Gasteiger partial charge in [0.1, 0.15) is 0 Å². The van der Waals surface area contributed by atoms with Gasteiger partial charge in [-0.25, -0.2) is 0 Å². The molecule has 2 aromatic carbocycles. The lowest BCUT2D eigenvalue weighted by atomic mass is 9.80. The van der Waals surface area contributed by atoms with Gasteiger partial charge in [-0.05, 0) is 46.0 Å². The molecule has 15 heavy (non-hydrogen) atoms. The van der Waals surface area contributed by atoms with Gasteiger partial charge >= 0.3 is 0 Å². The molecule has 1 aliphatic rings. The number of rotatable bonds is 1. The van der Waals surface area contributed by atoms with Gasteiger partial charge in [-0.1, -0.05) is 30.3 Å². The fourth-order valence-corrected chi connectivity index (χ4v) is 2.13. The van der Waals surface area contributed by atoms with Crippen molar-refractivity contribution in [1.82, 2.24) is 0 Å². The van der Waals surface area contributed by atoms with E-state index in [0.717, 1.165) is 5.56 Å². The molecule has 0 aliphatic heterocycles. The highest BCUT2D eigenvalue weighted by Gasteiger charge is 2.22. The van der Waals surface area contributed by atoms with Gasteiger partial charge in [-0.2, -0.15) is 0 Å². The molecule has 0 atom stereocenters. The Morgan fingerprint density at radius 3 is 2.13 bits per heavy atom. The molecular formula is C13H7ClO. The summed E-state index contributed by atoms with van der Waals surface area (Å²) in [6.45, 7) is 0. The fraction of sp³-hybridized carbons (Fsp3) is 0. The number of hydrogen-bond donors (Lipinski definition) is 0. The maximum absolute atomic E-state index is 11.0. The summed E-state index contributed by atoms with van der Waals surface area (Å²) >= 11 is 5.44. The van der Waals surface area contributed by atoms with E-state index in [9.17, 15) is 4.79 Å². The Morgan fingerprint density at radius 2 is 1.47 bits per heavy atom. The van der Waals surface area contributed by atoms with E-state index in [1.165, 1.54) is 16.7 Å². The van der Waals surface area contributed by atoms with E-state index in [1.807, 2.05) is 24.3 Å². The van der Waals surface area contributed by atoms with Crippen LogP contribution in [-0.4, -0.2) is 5.24 Å². The molecule has 0 fully saturated rings. The van der Waals surface area contributed by atoms with Gasteiger partial charge in [0.2, 0.25) is 0 Å². The van der Waals surface area contributed by atoms with Crippen molar-refractivity contribution < 1.29 is 4.79 Å². The molecule has 2 aromatic rings. The van der Waals surface area contributed by atoms with Gasteiger partial charge in [-0.3, -0.25) is 4.79 Å². The van der Waals surface area contributed by atoms with Gasteiger partial charge in [0, 0.05) is 5.56 Å².